The zero-order chi connectivity index (χ0) is 17.1. The lowest BCUT2D eigenvalue weighted by atomic mass is 10.1. The van der Waals surface area contributed by atoms with E-state index in [0.717, 1.165) is 11.1 Å². The van der Waals surface area contributed by atoms with Crippen LogP contribution < -0.4 is 10.6 Å². The van der Waals surface area contributed by atoms with Gasteiger partial charge in [-0.3, -0.25) is 9.59 Å². The third-order valence-corrected chi connectivity index (χ3v) is 4.08. The van der Waals surface area contributed by atoms with Crippen molar-refractivity contribution in [2.24, 2.45) is 5.92 Å². The van der Waals surface area contributed by atoms with Crippen molar-refractivity contribution in [2.45, 2.75) is 32.7 Å². The predicted molar refractivity (Wildman–Crippen MR) is 89.3 cm³/mol. The molecule has 1 atom stereocenters. The summed E-state index contributed by atoms with van der Waals surface area (Å²) >= 11 is 0. The lowest BCUT2D eigenvalue weighted by Crippen LogP contribution is -2.45. The minimum absolute atomic E-state index is 0.160. The van der Waals surface area contributed by atoms with E-state index >= 15 is 0 Å². The summed E-state index contributed by atoms with van der Waals surface area (Å²) in [5.41, 5.74) is 2.15. The fourth-order valence-corrected chi connectivity index (χ4v) is 2.29. The first-order valence-corrected chi connectivity index (χ1v) is 8.15. The van der Waals surface area contributed by atoms with E-state index in [1.807, 2.05) is 31.2 Å². The third kappa shape index (κ3) is 4.01. The number of hydrogen-bond acceptors (Lipinski definition) is 4. The molecule has 1 saturated carbocycles. The molecule has 6 nitrogen and oxygen atoms in total. The molecule has 126 valence electrons. The highest BCUT2D eigenvalue weighted by molar-refractivity contribution is 5.96. The molecule has 2 aromatic rings. The smallest absolute Gasteiger partial charge is 0.274 e. The summed E-state index contributed by atoms with van der Waals surface area (Å²) in [6.07, 6.45) is 2.34. The first kappa shape index (κ1) is 16.2. The van der Waals surface area contributed by atoms with Crippen molar-refractivity contribution in [3.05, 3.63) is 41.6 Å². The molecule has 2 amide bonds. The number of benzene rings is 1. The van der Waals surface area contributed by atoms with Gasteiger partial charge in [-0.15, -0.1) is 0 Å². The quantitative estimate of drug-likeness (QED) is 0.852. The number of carbonyl (C=O) groups excluding carboxylic acids is 2. The molecule has 1 aliphatic carbocycles. The Bertz CT molecular complexity index is 732. The lowest BCUT2D eigenvalue weighted by Gasteiger charge is -2.12. The van der Waals surface area contributed by atoms with Gasteiger partial charge in [-0.05, 0) is 32.6 Å². The molecule has 0 spiro atoms. The van der Waals surface area contributed by atoms with E-state index in [0.29, 0.717) is 18.2 Å². The number of rotatable bonds is 6. The first-order chi connectivity index (χ1) is 11.5. The molecule has 1 aromatic carbocycles. The Morgan fingerprint density at radius 1 is 1.29 bits per heavy atom. The van der Waals surface area contributed by atoms with E-state index in [4.69, 9.17) is 4.52 Å². The normalized spacial score (nSPS) is 14.9. The van der Waals surface area contributed by atoms with Crippen molar-refractivity contribution < 1.29 is 14.1 Å². The van der Waals surface area contributed by atoms with Crippen LogP contribution in [0.3, 0.4) is 0 Å². The zero-order valence-corrected chi connectivity index (χ0v) is 13.8. The molecule has 0 bridgehead atoms. The van der Waals surface area contributed by atoms with Crippen LogP contribution in [0, 0.1) is 12.8 Å². The van der Waals surface area contributed by atoms with Gasteiger partial charge in [0.25, 0.3) is 5.91 Å². The lowest BCUT2D eigenvalue weighted by molar-refractivity contribution is -0.122. The number of aryl methyl sites for hydroxylation is 1. The highest BCUT2D eigenvalue weighted by Gasteiger charge is 2.24. The van der Waals surface area contributed by atoms with Crippen molar-refractivity contribution >= 4 is 11.8 Å². The molecular formula is C18H21N3O3. The highest BCUT2D eigenvalue weighted by Crippen LogP contribution is 2.27. The van der Waals surface area contributed by atoms with Crippen molar-refractivity contribution in [2.75, 3.05) is 6.54 Å². The number of nitrogens with one attached hydrogen (secondary N) is 2. The van der Waals surface area contributed by atoms with Gasteiger partial charge in [0, 0.05) is 18.2 Å². The molecule has 0 unspecified atom stereocenters. The van der Waals surface area contributed by atoms with E-state index in [9.17, 15) is 9.59 Å². The Morgan fingerprint density at radius 2 is 2.00 bits per heavy atom. The number of carbonyl (C=O) groups is 2. The second-order valence-electron chi connectivity index (χ2n) is 6.33. The van der Waals surface area contributed by atoms with E-state index in [2.05, 4.69) is 15.8 Å². The molecular weight excluding hydrogens is 306 g/mol. The zero-order valence-electron chi connectivity index (χ0n) is 13.8. The Labute approximate surface area is 140 Å². The minimum atomic E-state index is -0.615. The Balaban J connectivity index is 1.58. The van der Waals surface area contributed by atoms with Crippen LogP contribution in [0.25, 0.3) is 11.3 Å². The first-order valence-electron chi connectivity index (χ1n) is 8.15. The molecule has 1 aromatic heterocycles. The summed E-state index contributed by atoms with van der Waals surface area (Å²) in [5.74, 6) is 0.513. The number of amides is 2. The number of aromatic nitrogens is 1. The Morgan fingerprint density at radius 3 is 2.67 bits per heavy atom. The second-order valence-corrected chi connectivity index (χ2v) is 6.33. The fourth-order valence-electron chi connectivity index (χ4n) is 2.29. The SMILES string of the molecule is Cc1ccc(-c2cc(C(=O)N[C@H](C)C(=O)NCC3CC3)no2)cc1. The maximum atomic E-state index is 12.2. The van der Waals surface area contributed by atoms with Crippen LogP contribution in [0.15, 0.2) is 34.9 Å². The molecule has 0 aliphatic heterocycles. The van der Waals surface area contributed by atoms with Gasteiger partial charge in [0.05, 0.1) is 0 Å². The summed E-state index contributed by atoms with van der Waals surface area (Å²) in [6, 6.07) is 8.70. The summed E-state index contributed by atoms with van der Waals surface area (Å²) in [4.78, 5) is 24.1. The van der Waals surface area contributed by atoms with Crippen LogP contribution in [0.2, 0.25) is 0 Å². The molecule has 0 saturated heterocycles. The molecule has 1 aliphatic rings. The van der Waals surface area contributed by atoms with Crippen LogP contribution in [0.4, 0.5) is 0 Å². The van der Waals surface area contributed by atoms with Gasteiger partial charge in [-0.1, -0.05) is 35.0 Å². The molecule has 3 rings (SSSR count). The Kier molecular flexibility index (Phi) is 4.64. The van der Waals surface area contributed by atoms with Gasteiger partial charge in [0.2, 0.25) is 5.91 Å². The van der Waals surface area contributed by atoms with Crippen LogP contribution in [0.1, 0.15) is 35.8 Å². The third-order valence-electron chi connectivity index (χ3n) is 4.08. The van der Waals surface area contributed by atoms with Gasteiger partial charge in [-0.25, -0.2) is 0 Å². The van der Waals surface area contributed by atoms with Gasteiger partial charge in [0.15, 0.2) is 11.5 Å². The average molecular weight is 327 g/mol. The van der Waals surface area contributed by atoms with Crippen molar-refractivity contribution in [1.82, 2.24) is 15.8 Å². The summed E-state index contributed by atoms with van der Waals surface area (Å²) in [7, 11) is 0. The van der Waals surface area contributed by atoms with E-state index in [1.165, 1.54) is 12.8 Å². The van der Waals surface area contributed by atoms with Crippen molar-refractivity contribution in [3.8, 4) is 11.3 Å². The Hall–Kier alpha value is -2.63. The average Bonchev–Trinajstić information content (AvgIpc) is 3.27. The van der Waals surface area contributed by atoms with Gasteiger partial charge >= 0.3 is 0 Å². The maximum Gasteiger partial charge on any atom is 0.274 e. The van der Waals surface area contributed by atoms with E-state index < -0.39 is 11.9 Å². The van der Waals surface area contributed by atoms with Crippen LogP contribution in [-0.4, -0.2) is 29.6 Å². The van der Waals surface area contributed by atoms with E-state index in [1.54, 1.807) is 13.0 Å². The fraction of sp³-hybridized carbons (Fsp3) is 0.389. The molecule has 6 heteroatoms. The van der Waals surface area contributed by atoms with Gasteiger partial charge in [-0.2, -0.15) is 0 Å². The van der Waals surface area contributed by atoms with Crippen LogP contribution in [0.5, 0.6) is 0 Å². The minimum Gasteiger partial charge on any atom is -0.355 e. The maximum absolute atomic E-state index is 12.2. The number of nitrogens with zero attached hydrogens (tertiary/aromatic N) is 1. The van der Waals surface area contributed by atoms with Crippen LogP contribution in [-0.2, 0) is 4.79 Å². The van der Waals surface area contributed by atoms with Crippen LogP contribution >= 0.6 is 0 Å². The monoisotopic (exact) mass is 327 g/mol. The molecule has 1 heterocycles. The second kappa shape index (κ2) is 6.86. The standard InChI is InChI=1S/C18H21N3O3/c1-11-3-7-14(8-4-11)16-9-15(21-24-16)18(23)20-12(2)17(22)19-10-13-5-6-13/h3-4,7-9,12-13H,5-6,10H2,1-2H3,(H,19,22)(H,20,23)/t12-/m1/s1. The van der Waals surface area contributed by atoms with Crippen molar-refractivity contribution in [3.63, 3.8) is 0 Å². The largest absolute Gasteiger partial charge is 0.355 e. The topological polar surface area (TPSA) is 84.2 Å². The summed E-state index contributed by atoms with van der Waals surface area (Å²) in [6.45, 7) is 4.33. The molecule has 1 fully saturated rings. The van der Waals surface area contributed by atoms with Crippen molar-refractivity contribution in [1.29, 1.82) is 0 Å². The molecule has 24 heavy (non-hydrogen) atoms. The predicted octanol–water partition coefficient (Wildman–Crippen LogP) is 2.29. The summed E-state index contributed by atoms with van der Waals surface area (Å²) in [5, 5.41) is 9.27. The van der Waals surface area contributed by atoms with E-state index in [-0.39, 0.29) is 11.6 Å². The highest BCUT2D eigenvalue weighted by atomic mass is 16.5. The van der Waals surface area contributed by atoms with Gasteiger partial charge in [0.1, 0.15) is 6.04 Å². The van der Waals surface area contributed by atoms with Gasteiger partial charge < -0.3 is 15.2 Å². The molecule has 2 N–H and O–H groups in total. The number of hydrogen-bond donors (Lipinski definition) is 2. The molecule has 0 radical (unpaired) electrons. The summed E-state index contributed by atoms with van der Waals surface area (Å²) < 4.78 is 5.23.